The zero-order chi connectivity index (χ0) is 13.5. The number of ether oxygens (including phenoxy) is 1. The van der Waals surface area contributed by atoms with Crippen LogP contribution in [0.4, 0.5) is 0 Å². The van der Waals surface area contributed by atoms with Crippen molar-refractivity contribution in [3.05, 3.63) is 30.3 Å². The van der Waals surface area contributed by atoms with Crippen LogP contribution in [-0.2, 0) is 4.74 Å². The third-order valence-electron chi connectivity index (χ3n) is 3.85. The molecule has 0 heterocycles. The van der Waals surface area contributed by atoms with Crippen LogP contribution in [0.1, 0.15) is 19.8 Å². The molecule has 19 heavy (non-hydrogen) atoms. The Kier molecular flexibility index (Phi) is 6.21. The van der Waals surface area contributed by atoms with Crippen molar-refractivity contribution < 1.29 is 4.74 Å². The lowest BCUT2D eigenvalue weighted by molar-refractivity contribution is 0.122. The molecular weight excluding hydrogens is 254 g/mol. The molecule has 1 atom stereocenters. The quantitative estimate of drug-likeness (QED) is 0.642. The molecule has 0 spiro atoms. The normalized spacial score (nSPS) is 16.8. The second kappa shape index (κ2) is 7.93. The third-order valence-corrected chi connectivity index (χ3v) is 4.85. The Hall–Kier alpha value is -0.510. The molecule has 2 rings (SSSR count). The largest absolute Gasteiger partial charge is 0.383 e. The van der Waals surface area contributed by atoms with Crippen molar-refractivity contribution in [2.45, 2.75) is 30.7 Å². The summed E-state index contributed by atoms with van der Waals surface area (Å²) in [4.78, 5) is 3.96. The number of rotatable bonds is 9. The summed E-state index contributed by atoms with van der Waals surface area (Å²) in [5, 5.41) is 0. The molecule has 106 valence electrons. The predicted octanol–water partition coefficient (Wildman–Crippen LogP) is 3.53. The Bertz CT molecular complexity index is 353. The molecule has 1 aliphatic rings. The van der Waals surface area contributed by atoms with Crippen LogP contribution in [0.15, 0.2) is 35.2 Å². The molecule has 0 N–H and O–H groups in total. The SMILES string of the molecule is COCCN(CCSc1ccccc1)C(C)C1CC1. The van der Waals surface area contributed by atoms with Gasteiger partial charge in [0.2, 0.25) is 0 Å². The van der Waals surface area contributed by atoms with E-state index in [9.17, 15) is 0 Å². The maximum atomic E-state index is 5.24. The molecule has 0 radical (unpaired) electrons. The highest BCUT2D eigenvalue weighted by molar-refractivity contribution is 7.99. The van der Waals surface area contributed by atoms with Gasteiger partial charge in [-0.1, -0.05) is 18.2 Å². The van der Waals surface area contributed by atoms with E-state index in [1.807, 2.05) is 11.8 Å². The van der Waals surface area contributed by atoms with E-state index in [1.54, 1.807) is 7.11 Å². The zero-order valence-electron chi connectivity index (χ0n) is 12.0. The average Bonchev–Trinajstić information content (AvgIpc) is 3.27. The molecule has 1 aromatic carbocycles. The van der Waals surface area contributed by atoms with Gasteiger partial charge >= 0.3 is 0 Å². The first-order chi connectivity index (χ1) is 9.31. The average molecular weight is 279 g/mol. The standard InChI is InChI=1S/C16H25NOS/c1-14(15-8-9-15)17(10-12-18-2)11-13-19-16-6-4-3-5-7-16/h3-7,14-15H,8-13H2,1-2H3. The van der Waals surface area contributed by atoms with E-state index in [0.29, 0.717) is 6.04 Å². The Morgan fingerprint density at radius 3 is 2.63 bits per heavy atom. The predicted molar refractivity (Wildman–Crippen MR) is 82.8 cm³/mol. The van der Waals surface area contributed by atoms with Gasteiger partial charge in [-0.15, -0.1) is 11.8 Å². The van der Waals surface area contributed by atoms with E-state index in [0.717, 1.165) is 31.4 Å². The molecule has 3 heteroatoms. The van der Waals surface area contributed by atoms with E-state index in [4.69, 9.17) is 4.74 Å². The van der Waals surface area contributed by atoms with E-state index >= 15 is 0 Å². The lowest BCUT2D eigenvalue weighted by atomic mass is 10.2. The summed E-state index contributed by atoms with van der Waals surface area (Å²) in [7, 11) is 1.79. The highest BCUT2D eigenvalue weighted by Gasteiger charge is 2.31. The number of hydrogen-bond acceptors (Lipinski definition) is 3. The van der Waals surface area contributed by atoms with Crippen LogP contribution in [0.25, 0.3) is 0 Å². The Morgan fingerprint density at radius 1 is 1.26 bits per heavy atom. The maximum absolute atomic E-state index is 5.24. The molecule has 2 nitrogen and oxygen atoms in total. The second-order valence-electron chi connectivity index (χ2n) is 5.27. The fraction of sp³-hybridized carbons (Fsp3) is 0.625. The first-order valence-corrected chi connectivity index (χ1v) is 8.20. The summed E-state index contributed by atoms with van der Waals surface area (Å²) in [5.41, 5.74) is 0. The Labute approximate surface area is 121 Å². The number of thioether (sulfide) groups is 1. The minimum atomic E-state index is 0.714. The summed E-state index contributed by atoms with van der Waals surface area (Å²) in [6.45, 7) is 5.43. The number of methoxy groups -OCH3 is 1. The van der Waals surface area contributed by atoms with Crippen molar-refractivity contribution in [3.8, 4) is 0 Å². The molecule has 1 unspecified atom stereocenters. The van der Waals surface area contributed by atoms with Gasteiger partial charge in [-0.05, 0) is 37.8 Å². The molecular formula is C16H25NOS. The zero-order valence-corrected chi connectivity index (χ0v) is 12.9. The van der Waals surface area contributed by atoms with Gasteiger partial charge in [-0.2, -0.15) is 0 Å². The Morgan fingerprint density at radius 2 is 2.00 bits per heavy atom. The van der Waals surface area contributed by atoms with Gasteiger partial charge in [-0.3, -0.25) is 4.90 Å². The number of nitrogens with zero attached hydrogens (tertiary/aromatic N) is 1. The highest BCUT2D eigenvalue weighted by Crippen LogP contribution is 2.35. The van der Waals surface area contributed by atoms with Crippen molar-refractivity contribution >= 4 is 11.8 Å². The first kappa shape index (κ1) is 14.9. The monoisotopic (exact) mass is 279 g/mol. The highest BCUT2D eigenvalue weighted by atomic mass is 32.2. The van der Waals surface area contributed by atoms with E-state index in [-0.39, 0.29) is 0 Å². The topological polar surface area (TPSA) is 12.5 Å². The van der Waals surface area contributed by atoms with Gasteiger partial charge in [0, 0.05) is 36.9 Å². The molecule has 0 aromatic heterocycles. The van der Waals surface area contributed by atoms with E-state index in [1.165, 1.54) is 17.7 Å². The number of benzene rings is 1. The van der Waals surface area contributed by atoms with Crippen LogP contribution in [0, 0.1) is 5.92 Å². The fourth-order valence-corrected chi connectivity index (χ4v) is 3.31. The first-order valence-electron chi connectivity index (χ1n) is 7.22. The van der Waals surface area contributed by atoms with E-state index in [2.05, 4.69) is 42.2 Å². The van der Waals surface area contributed by atoms with Gasteiger partial charge in [-0.25, -0.2) is 0 Å². The van der Waals surface area contributed by atoms with Crippen LogP contribution in [0.2, 0.25) is 0 Å². The summed E-state index contributed by atoms with van der Waals surface area (Å²) in [6, 6.07) is 11.4. The van der Waals surface area contributed by atoms with Crippen LogP contribution in [0.5, 0.6) is 0 Å². The molecule has 0 aliphatic heterocycles. The molecule has 1 aliphatic carbocycles. The van der Waals surface area contributed by atoms with Gasteiger partial charge in [0.1, 0.15) is 0 Å². The van der Waals surface area contributed by atoms with Gasteiger partial charge in [0.05, 0.1) is 6.61 Å². The summed E-state index contributed by atoms with van der Waals surface area (Å²) >= 11 is 1.95. The summed E-state index contributed by atoms with van der Waals surface area (Å²) < 4.78 is 5.24. The lowest BCUT2D eigenvalue weighted by Gasteiger charge is -2.28. The van der Waals surface area contributed by atoms with Crippen molar-refractivity contribution in [1.29, 1.82) is 0 Å². The number of hydrogen-bond donors (Lipinski definition) is 0. The van der Waals surface area contributed by atoms with Gasteiger partial charge < -0.3 is 4.74 Å². The van der Waals surface area contributed by atoms with Crippen molar-refractivity contribution in [3.63, 3.8) is 0 Å². The molecule has 0 amide bonds. The molecule has 1 aromatic rings. The van der Waals surface area contributed by atoms with E-state index < -0.39 is 0 Å². The van der Waals surface area contributed by atoms with Crippen LogP contribution < -0.4 is 0 Å². The van der Waals surface area contributed by atoms with Crippen LogP contribution in [-0.4, -0.2) is 43.5 Å². The van der Waals surface area contributed by atoms with Crippen molar-refractivity contribution in [2.75, 3.05) is 32.6 Å². The van der Waals surface area contributed by atoms with Crippen molar-refractivity contribution in [1.82, 2.24) is 4.90 Å². The fourth-order valence-electron chi connectivity index (χ4n) is 2.40. The molecule has 0 saturated heterocycles. The molecule has 1 saturated carbocycles. The molecule has 0 bridgehead atoms. The summed E-state index contributed by atoms with van der Waals surface area (Å²) in [5.74, 6) is 2.09. The third kappa shape index (κ3) is 5.17. The van der Waals surface area contributed by atoms with Gasteiger partial charge in [0.15, 0.2) is 0 Å². The Balaban J connectivity index is 1.75. The van der Waals surface area contributed by atoms with Crippen molar-refractivity contribution in [2.24, 2.45) is 5.92 Å². The lowest BCUT2D eigenvalue weighted by Crippen LogP contribution is -2.38. The van der Waals surface area contributed by atoms with Crippen LogP contribution in [0.3, 0.4) is 0 Å². The summed E-state index contributed by atoms with van der Waals surface area (Å²) in [6.07, 6.45) is 2.83. The minimum Gasteiger partial charge on any atom is -0.383 e. The molecule has 1 fully saturated rings. The minimum absolute atomic E-state index is 0.714. The maximum Gasteiger partial charge on any atom is 0.0589 e. The smallest absolute Gasteiger partial charge is 0.0589 e. The van der Waals surface area contributed by atoms with Gasteiger partial charge in [0.25, 0.3) is 0 Å². The van der Waals surface area contributed by atoms with Crippen LogP contribution >= 0.6 is 11.8 Å². The second-order valence-corrected chi connectivity index (χ2v) is 6.44.